The second kappa shape index (κ2) is 3.18. The molecule has 1 aliphatic heterocycles. The van der Waals surface area contributed by atoms with Gasteiger partial charge < -0.3 is 10.0 Å². The van der Waals surface area contributed by atoms with Gasteiger partial charge in [-0.25, -0.2) is 9.18 Å². The highest BCUT2D eigenvalue weighted by Gasteiger charge is 2.60. The molecule has 0 bridgehead atoms. The van der Waals surface area contributed by atoms with E-state index in [9.17, 15) is 14.0 Å². The van der Waals surface area contributed by atoms with Crippen LogP contribution in [0.1, 0.15) is 26.2 Å². The SMILES string of the molecule is CC1(C(=O)N2CCC[C@H]2C(=O)O)CC1F. The van der Waals surface area contributed by atoms with Crippen molar-refractivity contribution < 1.29 is 19.1 Å². The highest BCUT2D eigenvalue weighted by molar-refractivity contribution is 5.90. The summed E-state index contributed by atoms with van der Waals surface area (Å²) in [7, 11) is 0. The number of nitrogens with zero attached hydrogens (tertiary/aromatic N) is 1. The van der Waals surface area contributed by atoms with Crippen LogP contribution in [0.3, 0.4) is 0 Å². The van der Waals surface area contributed by atoms with Crippen molar-refractivity contribution in [1.29, 1.82) is 0 Å². The number of alkyl halides is 1. The monoisotopic (exact) mass is 215 g/mol. The predicted molar refractivity (Wildman–Crippen MR) is 50.0 cm³/mol. The molecule has 15 heavy (non-hydrogen) atoms. The normalized spacial score (nSPS) is 39.2. The summed E-state index contributed by atoms with van der Waals surface area (Å²) in [5, 5.41) is 8.90. The lowest BCUT2D eigenvalue weighted by Crippen LogP contribution is -2.44. The molecule has 2 fully saturated rings. The Hall–Kier alpha value is -1.13. The molecular weight excluding hydrogens is 201 g/mol. The maximum atomic E-state index is 13.0. The molecule has 0 spiro atoms. The number of carboxylic acids is 1. The van der Waals surface area contributed by atoms with Gasteiger partial charge in [-0.15, -0.1) is 0 Å². The smallest absolute Gasteiger partial charge is 0.326 e. The minimum atomic E-state index is -1.10. The summed E-state index contributed by atoms with van der Waals surface area (Å²) in [5.74, 6) is -1.32. The third-order valence-electron chi connectivity index (χ3n) is 3.42. The van der Waals surface area contributed by atoms with Crippen LogP contribution in [-0.4, -0.2) is 40.6 Å². The number of carbonyl (C=O) groups is 2. The van der Waals surface area contributed by atoms with Crippen molar-refractivity contribution in [3.63, 3.8) is 0 Å². The second-order valence-electron chi connectivity index (χ2n) is 4.58. The predicted octanol–water partition coefficient (Wildman–Crippen LogP) is 0.810. The lowest BCUT2D eigenvalue weighted by atomic mass is 10.1. The fourth-order valence-electron chi connectivity index (χ4n) is 2.13. The first kappa shape index (κ1) is 10.4. The van der Waals surface area contributed by atoms with Crippen LogP contribution in [0.4, 0.5) is 4.39 Å². The van der Waals surface area contributed by atoms with Gasteiger partial charge >= 0.3 is 5.97 Å². The topological polar surface area (TPSA) is 57.6 Å². The zero-order chi connectivity index (χ0) is 11.2. The first-order valence-electron chi connectivity index (χ1n) is 5.15. The molecule has 3 atom stereocenters. The molecule has 0 aromatic carbocycles. The van der Waals surface area contributed by atoms with E-state index in [1.807, 2.05) is 0 Å². The highest BCUT2D eigenvalue weighted by atomic mass is 19.1. The number of carboxylic acid groups (broad SMARTS) is 1. The van der Waals surface area contributed by atoms with Gasteiger partial charge in [-0.05, 0) is 26.2 Å². The number of halogens is 1. The molecule has 0 aromatic heterocycles. The van der Waals surface area contributed by atoms with Crippen LogP contribution in [0.2, 0.25) is 0 Å². The summed E-state index contributed by atoms with van der Waals surface area (Å²) in [6, 6.07) is -0.748. The quantitative estimate of drug-likeness (QED) is 0.741. The molecule has 0 aromatic rings. The van der Waals surface area contributed by atoms with Crippen molar-refractivity contribution >= 4 is 11.9 Å². The Kier molecular flexibility index (Phi) is 2.20. The van der Waals surface area contributed by atoms with Crippen LogP contribution >= 0.6 is 0 Å². The Morgan fingerprint density at radius 1 is 1.53 bits per heavy atom. The Morgan fingerprint density at radius 2 is 2.13 bits per heavy atom. The molecule has 1 saturated carbocycles. The molecule has 0 radical (unpaired) electrons. The van der Waals surface area contributed by atoms with E-state index in [1.165, 1.54) is 4.90 Å². The van der Waals surface area contributed by atoms with Gasteiger partial charge in [0.05, 0.1) is 5.41 Å². The highest BCUT2D eigenvalue weighted by Crippen LogP contribution is 2.50. The molecule has 84 valence electrons. The molecule has 4 nitrogen and oxygen atoms in total. The minimum absolute atomic E-state index is 0.231. The van der Waals surface area contributed by atoms with Crippen molar-refractivity contribution in [3.05, 3.63) is 0 Å². The van der Waals surface area contributed by atoms with E-state index in [1.54, 1.807) is 6.92 Å². The van der Waals surface area contributed by atoms with E-state index in [0.29, 0.717) is 19.4 Å². The number of aliphatic carboxylic acids is 1. The lowest BCUT2D eigenvalue weighted by Gasteiger charge is -2.24. The van der Waals surface area contributed by atoms with Crippen molar-refractivity contribution in [2.75, 3.05) is 6.54 Å². The van der Waals surface area contributed by atoms with Crippen molar-refractivity contribution in [2.45, 2.75) is 38.4 Å². The molecular formula is C10H14FNO3. The van der Waals surface area contributed by atoms with Gasteiger partial charge in [0.2, 0.25) is 5.91 Å². The van der Waals surface area contributed by atoms with E-state index in [2.05, 4.69) is 0 Å². The third-order valence-corrected chi connectivity index (χ3v) is 3.42. The van der Waals surface area contributed by atoms with Crippen LogP contribution in [0, 0.1) is 5.41 Å². The van der Waals surface area contributed by atoms with Crippen LogP contribution in [-0.2, 0) is 9.59 Å². The molecule has 1 saturated heterocycles. The third kappa shape index (κ3) is 1.50. The van der Waals surface area contributed by atoms with Crippen LogP contribution in [0.15, 0.2) is 0 Å². The van der Waals surface area contributed by atoms with E-state index in [0.717, 1.165) is 0 Å². The lowest BCUT2D eigenvalue weighted by molar-refractivity contribution is -0.150. The van der Waals surface area contributed by atoms with E-state index in [4.69, 9.17) is 5.11 Å². The molecule has 2 aliphatic rings. The van der Waals surface area contributed by atoms with Crippen LogP contribution in [0.25, 0.3) is 0 Å². The Morgan fingerprint density at radius 3 is 2.60 bits per heavy atom. The van der Waals surface area contributed by atoms with Crippen molar-refractivity contribution in [2.24, 2.45) is 5.41 Å². The Balaban J connectivity index is 2.10. The summed E-state index contributed by atoms with van der Waals surface area (Å²) in [6.07, 6.45) is 0.304. The average Bonchev–Trinajstić information content (AvgIpc) is 2.68. The first-order valence-corrected chi connectivity index (χ1v) is 5.15. The van der Waals surface area contributed by atoms with Gasteiger partial charge in [0, 0.05) is 6.54 Å². The minimum Gasteiger partial charge on any atom is -0.480 e. The number of rotatable bonds is 2. The summed E-state index contributed by atoms with van der Waals surface area (Å²) < 4.78 is 13.0. The van der Waals surface area contributed by atoms with Crippen molar-refractivity contribution in [1.82, 2.24) is 4.90 Å². The van der Waals surface area contributed by atoms with Gasteiger partial charge in [0.25, 0.3) is 0 Å². The van der Waals surface area contributed by atoms with E-state index < -0.39 is 23.6 Å². The summed E-state index contributed by atoms with van der Waals surface area (Å²) in [5.41, 5.74) is -0.946. The van der Waals surface area contributed by atoms with Gasteiger partial charge in [0.1, 0.15) is 12.2 Å². The molecule has 1 amide bonds. The number of likely N-dealkylation sites (tertiary alicyclic amines) is 1. The maximum Gasteiger partial charge on any atom is 0.326 e. The Labute approximate surface area is 87.1 Å². The number of amides is 1. The van der Waals surface area contributed by atoms with Gasteiger partial charge in [-0.3, -0.25) is 4.79 Å². The zero-order valence-electron chi connectivity index (χ0n) is 8.57. The maximum absolute atomic E-state index is 13.0. The molecule has 1 N–H and O–H groups in total. The molecule has 2 unspecified atom stereocenters. The van der Waals surface area contributed by atoms with Gasteiger partial charge in [0.15, 0.2) is 0 Å². The molecule has 2 rings (SSSR count). The molecule has 1 heterocycles. The van der Waals surface area contributed by atoms with Crippen LogP contribution in [0.5, 0.6) is 0 Å². The Bertz CT molecular complexity index is 320. The second-order valence-corrected chi connectivity index (χ2v) is 4.58. The summed E-state index contributed by atoms with van der Waals surface area (Å²) in [4.78, 5) is 24.1. The van der Waals surface area contributed by atoms with Gasteiger partial charge in [-0.2, -0.15) is 0 Å². The fraction of sp³-hybridized carbons (Fsp3) is 0.800. The number of hydrogen-bond donors (Lipinski definition) is 1. The molecule has 1 aliphatic carbocycles. The van der Waals surface area contributed by atoms with Gasteiger partial charge in [-0.1, -0.05) is 0 Å². The molecule has 5 heteroatoms. The fourth-order valence-corrected chi connectivity index (χ4v) is 2.13. The largest absolute Gasteiger partial charge is 0.480 e. The van der Waals surface area contributed by atoms with Crippen LogP contribution < -0.4 is 0 Å². The summed E-state index contributed by atoms with van der Waals surface area (Å²) in [6.45, 7) is 2.01. The van der Waals surface area contributed by atoms with E-state index >= 15 is 0 Å². The number of carbonyl (C=O) groups excluding carboxylic acids is 1. The zero-order valence-corrected chi connectivity index (χ0v) is 8.57. The standard InChI is InChI=1S/C10H14FNO3/c1-10(5-7(10)11)9(15)12-4-2-3-6(12)8(13)14/h6-7H,2-5H2,1H3,(H,13,14)/t6-,7?,10?/m0/s1. The van der Waals surface area contributed by atoms with E-state index in [-0.39, 0.29) is 12.3 Å². The summed E-state index contributed by atoms with van der Waals surface area (Å²) >= 11 is 0. The average molecular weight is 215 g/mol. The number of hydrogen-bond acceptors (Lipinski definition) is 2. The van der Waals surface area contributed by atoms with Crippen molar-refractivity contribution in [3.8, 4) is 0 Å². The first-order chi connectivity index (χ1) is 6.97.